The third kappa shape index (κ3) is 5.29. The summed E-state index contributed by atoms with van der Waals surface area (Å²) in [5.74, 6) is -1.32. The van der Waals surface area contributed by atoms with Gasteiger partial charge in [0.05, 0.1) is 16.8 Å². The molecule has 1 aliphatic heterocycles. The lowest BCUT2D eigenvalue weighted by atomic mass is 10.1. The van der Waals surface area contributed by atoms with Crippen molar-refractivity contribution in [2.45, 2.75) is 18.9 Å². The fraction of sp³-hybridized carbons (Fsp3) is 0.211. The van der Waals surface area contributed by atoms with Crippen molar-refractivity contribution in [2.75, 3.05) is 11.4 Å². The second kappa shape index (κ2) is 9.50. The minimum atomic E-state index is -0.827. The first-order valence-electron chi connectivity index (χ1n) is 7.91. The zero-order valence-electron chi connectivity index (χ0n) is 14.0. The van der Waals surface area contributed by atoms with Crippen molar-refractivity contribution < 1.29 is 14.3 Å². The number of anilines is 1. The van der Waals surface area contributed by atoms with E-state index in [4.69, 9.17) is 15.6 Å². The molecule has 5 nitrogen and oxygen atoms in total. The van der Waals surface area contributed by atoms with Crippen LogP contribution in [0.25, 0.3) is 0 Å². The van der Waals surface area contributed by atoms with Crippen molar-refractivity contribution in [1.82, 2.24) is 0 Å². The van der Waals surface area contributed by atoms with Crippen LogP contribution in [0.5, 0.6) is 0 Å². The molecule has 0 amide bonds. The molecule has 0 aliphatic carbocycles. The summed E-state index contributed by atoms with van der Waals surface area (Å²) < 4.78 is 14.1. The van der Waals surface area contributed by atoms with Gasteiger partial charge in [0.2, 0.25) is 0 Å². The van der Waals surface area contributed by atoms with E-state index in [-0.39, 0.29) is 5.56 Å². The number of hydrogen-bond donors (Lipinski definition) is 1. The molecule has 1 unspecified atom stereocenters. The van der Waals surface area contributed by atoms with Gasteiger partial charge in [-0.05, 0) is 49.2 Å². The number of hydrogen-bond acceptors (Lipinski definition) is 4. The summed E-state index contributed by atoms with van der Waals surface area (Å²) in [5.41, 5.74) is 1.29. The highest BCUT2D eigenvalue weighted by atomic mass is 79.9. The monoisotopic (exact) mass is 493 g/mol. The molecule has 0 bridgehead atoms. The van der Waals surface area contributed by atoms with Crippen molar-refractivity contribution in [2.24, 2.45) is 0 Å². The Labute approximate surface area is 172 Å². The number of benzene rings is 2. The van der Waals surface area contributed by atoms with Crippen LogP contribution in [0.1, 0.15) is 24.0 Å². The summed E-state index contributed by atoms with van der Waals surface area (Å²) >= 11 is 6.42. The number of carboxylic acids is 1. The van der Waals surface area contributed by atoms with Crippen LogP contribution in [0, 0.1) is 28.5 Å². The molecule has 2 aromatic rings. The first-order valence-corrected chi connectivity index (χ1v) is 9.50. The molecule has 1 aliphatic rings. The number of nitrogens with zero attached hydrogens (tertiary/aromatic N) is 3. The largest absolute Gasteiger partial charge is 0.480 e. The number of nitriles is 2. The molecule has 0 aromatic heterocycles. The summed E-state index contributed by atoms with van der Waals surface area (Å²) in [6, 6.07) is 12.9. The van der Waals surface area contributed by atoms with E-state index >= 15 is 0 Å². The smallest absolute Gasteiger partial charge is 0.326 e. The van der Waals surface area contributed by atoms with E-state index in [1.54, 1.807) is 35.2 Å². The number of aliphatic carboxylic acids is 1. The van der Waals surface area contributed by atoms with E-state index in [1.165, 1.54) is 12.1 Å². The van der Waals surface area contributed by atoms with Gasteiger partial charge in [-0.1, -0.05) is 31.9 Å². The number of carboxylic acid groups (broad SMARTS) is 1. The van der Waals surface area contributed by atoms with Crippen LogP contribution in [0.15, 0.2) is 45.3 Å². The van der Waals surface area contributed by atoms with Crippen LogP contribution in [-0.4, -0.2) is 23.7 Å². The highest BCUT2D eigenvalue weighted by Gasteiger charge is 2.31. The van der Waals surface area contributed by atoms with Crippen LogP contribution in [0.3, 0.4) is 0 Å². The molecule has 1 fully saturated rings. The topological polar surface area (TPSA) is 88.1 Å². The van der Waals surface area contributed by atoms with Crippen LogP contribution >= 0.6 is 31.9 Å². The maximum Gasteiger partial charge on any atom is 0.326 e. The summed E-state index contributed by atoms with van der Waals surface area (Å²) in [7, 11) is 0. The molecule has 1 N–H and O–H groups in total. The zero-order chi connectivity index (χ0) is 20.0. The summed E-state index contributed by atoms with van der Waals surface area (Å²) in [6.45, 7) is 0.683. The normalized spacial score (nSPS) is 15.3. The fourth-order valence-corrected chi connectivity index (χ4v) is 3.41. The van der Waals surface area contributed by atoms with Crippen molar-refractivity contribution in [3.05, 3.63) is 62.3 Å². The Kier molecular flexibility index (Phi) is 7.35. The van der Waals surface area contributed by atoms with Crippen molar-refractivity contribution in [3.63, 3.8) is 0 Å². The van der Waals surface area contributed by atoms with E-state index in [0.29, 0.717) is 28.7 Å². The number of carbonyl (C=O) groups is 1. The first-order chi connectivity index (χ1) is 12.9. The van der Waals surface area contributed by atoms with Crippen LogP contribution in [0.4, 0.5) is 10.1 Å². The van der Waals surface area contributed by atoms with Gasteiger partial charge in [-0.25, -0.2) is 9.18 Å². The van der Waals surface area contributed by atoms with E-state index in [2.05, 4.69) is 37.9 Å². The second-order valence-electron chi connectivity index (χ2n) is 5.70. The summed E-state index contributed by atoms with van der Waals surface area (Å²) in [6.07, 6.45) is 1.47. The Morgan fingerprint density at radius 1 is 1.11 bits per heavy atom. The van der Waals surface area contributed by atoms with Crippen LogP contribution < -0.4 is 4.90 Å². The quantitative estimate of drug-likeness (QED) is 0.645. The average molecular weight is 495 g/mol. The lowest BCUT2D eigenvalue weighted by Crippen LogP contribution is -2.36. The van der Waals surface area contributed by atoms with Crippen LogP contribution in [0.2, 0.25) is 0 Å². The first kappa shape index (κ1) is 20.9. The Morgan fingerprint density at radius 3 is 2.26 bits per heavy atom. The lowest BCUT2D eigenvalue weighted by molar-refractivity contribution is -0.138. The predicted molar refractivity (Wildman–Crippen MR) is 106 cm³/mol. The molecule has 27 heavy (non-hydrogen) atoms. The molecular formula is C19H14Br2FN3O2. The van der Waals surface area contributed by atoms with Crippen molar-refractivity contribution in [1.29, 1.82) is 10.5 Å². The Balaban J connectivity index is 0.000000223. The highest BCUT2D eigenvalue weighted by molar-refractivity contribution is 9.10. The molecule has 0 saturated carbocycles. The summed E-state index contributed by atoms with van der Waals surface area (Å²) in [4.78, 5) is 12.9. The number of halogens is 3. The molecule has 8 heteroatoms. The molecule has 3 rings (SSSR count). The van der Waals surface area contributed by atoms with Gasteiger partial charge in [-0.15, -0.1) is 0 Å². The molecule has 2 aromatic carbocycles. The SMILES string of the molecule is N#Cc1ccc(Br)cc1F.N#Cc1ccc(Br)cc1N1CCCC1C(=O)O. The maximum absolute atomic E-state index is 12.6. The second-order valence-corrected chi connectivity index (χ2v) is 7.53. The van der Waals surface area contributed by atoms with Gasteiger partial charge in [0.25, 0.3) is 0 Å². The Hall–Kier alpha value is -2.42. The third-order valence-electron chi connectivity index (χ3n) is 3.98. The number of rotatable bonds is 2. The van der Waals surface area contributed by atoms with Gasteiger partial charge in [0.1, 0.15) is 24.0 Å². The minimum absolute atomic E-state index is 0.0724. The van der Waals surface area contributed by atoms with Crippen LogP contribution in [-0.2, 0) is 4.79 Å². The standard InChI is InChI=1S/C12H11BrN2O2.C7H3BrFN/c13-9-4-3-8(7-14)11(6-9)15-5-1-2-10(15)12(16)17;8-6-2-1-5(4-10)7(9)3-6/h3-4,6,10H,1-2,5H2,(H,16,17);1-3H. The molecule has 1 atom stereocenters. The molecule has 138 valence electrons. The lowest BCUT2D eigenvalue weighted by Gasteiger charge is -2.24. The van der Waals surface area contributed by atoms with Crippen molar-refractivity contribution in [3.8, 4) is 12.1 Å². The zero-order valence-corrected chi connectivity index (χ0v) is 17.2. The fourth-order valence-electron chi connectivity index (χ4n) is 2.73. The molecule has 1 saturated heterocycles. The average Bonchev–Trinajstić information content (AvgIpc) is 3.12. The van der Waals surface area contributed by atoms with Gasteiger partial charge in [-0.3, -0.25) is 0 Å². The van der Waals surface area contributed by atoms with Gasteiger partial charge < -0.3 is 10.0 Å². The van der Waals surface area contributed by atoms with E-state index in [0.717, 1.165) is 10.9 Å². The van der Waals surface area contributed by atoms with Gasteiger partial charge in [0.15, 0.2) is 0 Å². The van der Waals surface area contributed by atoms with Gasteiger partial charge in [-0.2, -0.15) is 10.5 Å². The highest BCUT2D eigenvalue weighted by Crippen LogP contribution is 2.31. The van der Waals surface area contributed by atoms with Gasteiger partial charge >= 0.3 is 5.97 Å². The molecule has 1 heterocycles. The summed E-state index contributed by atoms with van der Waals surface area (Å²) in [5, 5.41) is 26.5. The molecule has 0 radical (unpaired) electrons. The molecule has 0 spiro atoms. The third-order valence-corrected chi connectivity index (χ3v) is 4.97. The molecular weight excluding hydrogens is 481 g/mol. The Bertz CT molecular complexity index is 938. The Morgan fingerprint density at radius 2 is 1.70 bits per heavy atom. The van der Waals surface area contributed by atoms with Gasteiger partial charge in [0, 0.05) is 15.5 Å². The van der Waals surface area contributed by atoms with E-state index < -0.39 is 17.8 Å². The minimum Gasteiger partial charge on any atom is -0.480 e. The van der Waals surface area contributed by atoms with E-state index in [1.807, 2.05) is 0 Å². The van der Waals surface area contributed by atoms with Crippen molar-refractivity contribution >= 4 is 43.5 Å². The van der Waals surface area contributed by atoms with E-state index in [9.17, 15) is 9.18 Å². The predicted octanol–water partition coefficient (Wildman–Crippen LogP) is 4.83. The maximum atomic E-state index is 12.6.